The Balaban J connectivity index is 2.05. The van der Waals surface area contributed by atoms with Crippen LogP contribution in [0.25, 0.3) is 11.1 Å². The maximum absolute atomic E-state index is 11.1. The third-order valence-corrected chi connectivity index (χ3v) is 3.05. The number of nitrogens with one attached hydrogen (secondary N) is 1. The maximum Gasteiger partial charge on any atom is 0.417 e. The van der Waals surface area contributed by atoms with Crippen molar-refractivity contribution >= 4 is 28.2 Å². The lowest BCUT2D eigenvalue weighted by Gasteiger charge is -2.19. The monoisotopic (exact) mass is 255 g/mol. The van der Waals surface area contributed by atoms with Crippen molar-refractivity contribution < 1.29 is 4.42 Å². The summed E-state index contributed by atoms with van der Waals surface area (Å²) >= 11 is 0. The van der Waals surface area contributed by atoms with E-state index < -0.39 is 5.76 Å². The number of hydrogen-bond acceptors (Lipinski definition) is 4. The third kappa shape index (κ3) is 2.06. The average molecular weight is 255 g/mol. The highest BCUT2D eigenvalue weighted by Crippen LogP contribution is 2.27. The molecule has 0 saturated heterocycles. The number of benzene rings is 2. The molecule has 5 nitrogen and oxygen atoms in total. The summed E-state index contributed by atoms with van der Waals surface area (Å²) in [5, 5.41) is 0. The summed E-state index contributed by atoms with van der Waals surface area (Å²) in [6.45, 7) is 0. The fraction of sp³-hybridized carbons (Fsp3) is 0.0714. The summed E-state index contributed by atoms with van der Waals surface area (Å²) in [5.41, 5.74) is 9.60. The third-order valence-electron chi connectivity index (χ3n) is 3.05. The van der Waals surface area contributed by atoms with Gasteiger partial charge in [0.1, 0.15) is 0 Å². The van der Waals surface area contributed by atoms with E-state index in [0.29, 0.717) is 16.8 Å². The fourth-order valence-electron chi connectivity index (χ4n) is 2.03. The zero-order valence-corrected chi connectivity index (χ0v) is 10.4. The van der Waals surface area contributed by atoms with Crippen LogP contribution in [0.5, 0.6) is 0 Å². The minimum absolute atomic E-state index is 0.446. The first-order valence-corrected chi connectivity index (χ1v) is 5.85. The Hall–Kier alpha value is -2.69. The van der Waals surface area contributed by atoms with E-state index in [1.165, 1.54) is 0 Å². The number of hydrogen-bond donors (Lipinski definition) is 2. The first-order valence-electron chi connectivity index (χ1n) is 5.85. The first kappa shape index (κ1) is 11.4. The van der Waals surface area contributed by atoms with Gasteiger partial charge in [0.25, 0.3) is 0 Å². The van der Waals surface area contributed by atoms with Gasteiger partial charge < -0.3 is 15.1 Å². The van der Waals surface area contributed by atoms with Gasteiger partial charge in [-0.2, -0.15) is 0 Å². The Kier molecular flexibility index (Phi) is 2.52. The first-order chi connectivity index (χ1) is 9.13. The quantitative estimate of drug-likeness (QED) is 0.690. The van der Waals surface area contributed by atoms with Crippen molar-refractivity contribution in [3.8, 4) is 0 Å². The summed E-state index contributed by atoms with van der Waals surface area (Å²) in [6.07, 6.45) is 0. The predicted molar refractivity (Wildman–Crippen MR) is 75.8 cm³/mol. The Morgan fingerprint density at radius 2 is 1.95 bits per heavy atom. The van der Waals surface area contributed by atoms with Crippen molar-refractivity contribution in [3.05, 3.63) is 53.0 Å². The van der Waals surface area contributed by atoms with Crippen LogP contribution in [0, 0.1) is 0 Å². The van der Waals surface area contributed by atoms with Crippen LogP contribution in [0.15, 0.2) is 51.7 Å². The number of aromatic amines is 1. The molecule has 3 rings (SSSR count). The Bertz CT molecular complexity index is 788. The van der Waals surface area contributed by atoms with Gasteiger partial charge in [0, 0.05) is 30.2 Å². The van der Waals surface area contributed by atoms with Crippen LogP contribution in [0.2, 0.25) is 0 Å². The van der Waals surface area contributed by atoms with Crippen molar-refractivity contribution in [2.75, 3.05) is 17.7 Å². The average Bonchev–Trinajstić information content (AvgIpc) is 2.76. The highest BCUT2D eigenvalue weighted by molar-refractivity contribution is 5.79. The number of nitrogens with two attached hydrogens (primary N) is 1. The number of oxazole rings is 1. The van der Waals surface area contributed by atoms with Crippen molar-refractivity contribution in [1.29, 1.82) is 0 Å². The number of anilines is 3. The number of aromatic nitrogens is 1. The molecular formula is C14H13N3O2. The smallest absolute Gasteiger partial charge is 0.408 e. The molecule has 0 atom stereocenters. The molecule has 2 aromatic carbocycles. The van der Waals surface area contributed by atoms with Crippen LogP contribution in [0.3, 0.4) is 0 Å². The summed E-state index contributed by atoms with van der Waals surface area (Å²) in [4.78, 5) is 15.7. The summed E-state index contributed by atoms with van der Waals surface area (Å²) in [5.74, 6) is -0.446. The van der Waals surface area contributed by atoms with Gasteiger partial charge >= 0.3 is 5.76 Å². The maximum atomic E-state index is 11.1. The van der Waals surface area contributed by atoms with Crippen LogP contribution in [-0.2, 0) is 0 Å². The van der Waals surface area contributed by atoms with E-state index in [4.69, 9.17) is 10.2 Å². The Morgan fingerprint density at radius 3 is 2.74 bits per heavy atom. The van der Waals surface area contributed by atoms with E-state index in [0.717, 1.165) is 11.4 Å². The second kappa shape index (κ2) is 4.20. The van der Waals surface area contributed by atoms with Crippen molar-refractivity contribution in [2.45, 2.75) is 0 Å². The molecule has 19 heavy (non-hydrogen) atoms. The number of fused-ring (bicyclic) bond motifs is 1. The molecule has 3 aromatic rings. The highest BCUT2D eigenvalue weighted by atomic mass is 16.4. The van der Waals surface area contributed by atoms with E-state index in [9.17, 15) is 4.79 Å². The van der Waals surface area contributed by atoms with Gasteiger partial charge in [-0.05, 0) is 30.3 Å². The van der Waals surface area contributed by atoms with Gasteiger partial charge in [-0.3, -0.25) is 4.98 Å². The number of nitrogens with zero attached hydrogens (tertiary/aromatic N) is 1. The zero-order valence-electron chi connectivity index (χ0n) is 10.4. The summed E-state index contributed by atoms with van der Waals surface area (Å²) < 4.78 is 5.06. The second-order valence-corrected chi connectivity index (χ2v) is 4.35. The lowest BCUT2D eigenvalue weighted by Crippen LogP contribution is -2.09. The van der Waals surface area contributed by atoms with Crippen LogP contribution >= 0.6 is 0 Å². The molecule has 0 amide bonds. The Morgan fingerprint density at radius 1 is 1.16 bits per heavy atom. The fourth-order valence-corrected chi connectivity index (χ4v) is 2.03. The normalized spacial score (nSPS) is 10.8. The van der Waals surface area contributed by atoms with Gasteiger partial charge in [0.15, 0.2) is 5.58 Å². The molecule has 0 saturated carbocycles. The molecule has 0 unspecified atom stereocenters. The number of nitrogen functional groups attached to an aromatic ring is 1. The summed E-state index contributed by atoms with van der Waals surface area (Å²) in [6, 6.07) is 13.1. The van der Waals surface area contributed by atoms with Crippen LogP contribution in [0.4, 0.5) is 17.1 Å². The molecule has 0 aliphatic rings. The highest BCUT2D eigenvalue weighted by Gasteiger charge is 2.07. The van der Waals surface area contributed by atoms with Crippen molar-refractivity contribution in [1.82, 2.24) is 4.98 Å². The minimum atomic E-state index is -0.446. The van der Waals surface area contributed by atoms with E-state index in [1.807, 2.05) is 54.4 Å². The molecule has 0 aliphatic carbocycles. The van der Waals surface area contributed by atoms with Crippen molar-refractivity contribution in [2.24, 2.45) is 0 Å². The molecule has 1 heterocycles. The van der Waals surface area contributed by atoms with Crippen LogP contribution < -0.4 is 16.4 Å². The molecule has 1 aromatic heterocycles. The van der Waals surface area contributed by atoms with Gasteiger partial charge in [-0.25, -0.2) is 4.79 Å². The van der Waals surface area contributed by atoms with Gasteiger partial charge in [-0.1, -0.05) is 6.07 Å². The molecule has 0 bridgehead atoms. The molecule has 0 aliphatic heterocycles. The lowest BCUT2D eigenvalue weighted by molar-refractivity contribution is 0.555. The van der Waals surface area contributed by atoms with Gasteiger partial charge in [-0.15, -0.1) is 0 Å². The lowest BCUT2D eigenvalue weighted by atomic mass is 10.2. The van der Waals surface area contributed by atoms with E-state index in [-0.39, 0.29) is 0 Å². The van der Waals surface area contributed by atoms with Crippen LogP contribution in [0.1, 0.15) is 0 Å². The molecule has 0 fully saturated rings. The van der Waals surface area contributed by atoms with Gasteiger partial charge in [0.05, 0.1) is 5.52 Å². The summed E-state index contributed by atoms with van der Waals surface area (Å²) in [7, 11) is 1.93. The number of rotatable bonds is 2. The predicted octanol–water partition coefficient (Wildman–Crippen LogP) is 2.47. The zero-order chi connectivity index (χ0) is 13.4. The molecule has 0 spiro atoms. The molecule has 3 N–H and O–H groups in total. The molecule has 5 heteroatoms. The number of H-pyrrole nitrogens is 1. The van der Waals surface area contributed by atoms with Crippen LogP contribution in [-0.4, -0.2) is 12.0 Å². The minimum Gasteiger partial charge on any atom is -0.408 e. The standard InChI is InChI=1S/C14H13N3O2/c1-17(10-4-2-3-9(15)7-10)11-5-6-12-13(8-11)19-14(18)16-12/h2-8H,15H2,1H3,(H,16,18). The topological polar surface area (TPSA) is 75.3 Å². The van der Waals surface area contributed by atoms with Gasteiger partial charge in [0.2, 0.25) is 0 Å². The van der Waals surface area contributed by atoms with E-state index in [2.05, 4.69) is 4.98 Å². The molecule has 96 valence electrons. The van der Waals surface area contributed by atoms with Crippen molar-refractivity contribution in [3.63, 3.8) is 0 Å². The van der Waals surface area contributed by atoms with E-state index in [1.54, 1.807) is 0 Å². The molecule has 0 radical (unpaired) electrons. The largest absolute Gasteiger partial charge is 0.417 e. The molecular weight excluding hydrogens is 242 g/mol. The van der Waals surface area contributed by atoms with E-state index >= 15 is 0 Å². The Labute approximate surface area is 109 Å². The SMILES string of the molecule is CN(c1cccc(N)c1)c1ccc2[nH]c(=O)oc2c1. The second-order valence-electron chi connectivity index (χ2n) is 4.35.